The molecule has 17 nitrogen and oxygen atoms in total. The molecule has 3 aromatic rings. The highest BCUT2D eigenvalue weighted by Crippen LogP contribution is 2.65. The molecule has 1 spiro atoms. The molecular weight excluding hydrogens is 1010 g/mol. The van der Waals surface area contributed by atoms with Crippen molar-refractivity contribution in [3.63, 3.8) is 0 Å². The van der Waals surface area contributed by atoms with Crippen LogP contribution in [0.2, 0.25) is 10.0 Å². The Morgan fingerprint density at radius 1 is 0.722 bits per heavy atom. The lowest BCUT2D eigenvalue weighted by Crippen LogP contribution is -2.51. The van der Waals surface area contributed by atoms with Gasteiger partial charge in [0.2, 0.25) is 0 Å². The van der Waals surface area contributed by atoms with Gasteiger partial charge in [0, 0.05) is 57.1 Å². The summed E-state index contributed by atoms with van der Waals surface area (Å²) in [5, 5.41) is 1.47. The zero-order valence-corrected chi connectivity index (χ0v) is 44.6. The second-order valence-corrected chi connectivity index (χ2v) is 24.8. The van der Waals surface area contributed by atoms with Crippen molar-refractivity contribution >= 4 is 77.8 Å². The van der Waals surface area contributed by atoms with Crippen molar-refractivity contribution in [1.82, 2.24) is 5.06 Å². The predicted octanol–water partition coefficient (Wildman–Crippen LogP) is 8.19. The van der Waals surface area contributed by atoms with Gasteiger partial charge < -0.3 is 33.5 Å². The molecule has 0 atom stereocenters. The van der Waals surface area contributed by atoms with E-state index in [2.05, 4.69) is 9.80 Å². The number of fused-ring (bicyclic) bond motifs is 8. The number of esters is 1. The topological polar surface area (TPSA) is 208 Å². The molecule has 6 heterocycles. The summed E-state index contributed by atoms with van der Waals surface area (Å²) < 4.78 is 102. The van der Waals surface area contributed by atoms with Gasteiger partial charge >= 0.3 is 5.97 Å². The van der Waals surface area contributed by atoms with E-state index >= 15 is 4.79 Å². The Morgan fingerprint density at radius 3 is 1.65 bits per heavy atom. The third-order valence-corrected chi connectivity index (χ3v) is 15.9. The third-order valence-electron chi connectivity index (χ3n) is 13.9. The number of benzene rings is 3. The van der Waals surface area contributed by atoms with Gasteiger partial charge in [-0.1, -0.05) is 35.4 Å². The van der Waals surface area contributed by atoms with Crippen LogP contribution in [0.3, 0.4) is 0 Å². The molecule has 0 unspecified atom stereocenters. The summed E-state index contributed by atoms with van der Waals surface area (Å²) in [6, 6.07) is 6.71. The van der Waals surface area contributed by atoms with Crippen molar-refractivity contribution < 1.29 is 64.1 Å². The highest BCUT2D eigenvalue weighted by Gasteiger charge is 2.62. The molecule has 3 aromatic carbocycles. The first-order chi connectivity index (χ1) is 33.7. The number of anilines is 2. The Labute approximate surface area is 430 Å². The van der Waals surface area contributed by atoms with E-state index in [1.54, 1.807) is 39.0 Å². The summed E-state index contributed by atoms with van der Waals surface area (Å²) in [6.45, 7) is 15.5. The predicted molar refractivity (Wildman–Crippen MR) is 273 cm³/mol. The minimum absolute atomic E-state index is 0.00885. The summed E-state index contributed by atoms with van der Waals surface area (Å²) in [5.41, 5.74) is 1.99. The van der Waals surface area contributed by atoms with E-state index in [0.29, 0.717) is 83.7 Å². The molecule has 6 aliphatic heterocycles. The van der Waals surface area contributed by atoms with E-state index in [1.807, 2.05) is 39.8 Å². The number of hydrogen-bond acceptors (Lipinski definition) is 14. The van der Waals surface area contributed by atoms with Crippen LogP contribution in [-0.2, 0) is 67.2 Å². The van der Waals surface area contributed by atoms with Gasteiger partial charge in [-0.15, -0.1) is 0 Å². The number of halogens is 2. The van der Waals surface area contributed by atoms with Crippen LogP contribution in [0.25, 0.3) is 11.1 Å². The highest BCUT2D eigenvalue weighted by atomic mass is 35.5. The number of carbonyl (C=O) groups excluding carboxylic acids is 2. The molecule has 0 saturated carbocycles. The lowest BCUT2D eigenvalue weighted by atomic mass is 9.70. The Morgan fingerprint density at radius 2 is 1.18 bits per heavy atom. The lowest BCUT2D eigenvalue weighted by Gasteiger charge is -2.51. The van der Waals surface area contributed by atoms with Crippen LogP contribution in [-0.4, -0.2) is 130 Å². The van der Waals surface area contributed by atoms with Crippen LogP contribution in [0, 0.1) is 0 Å². The van der Waals surface area contributed by atoms with Gasteiger partial charge in [-0.25, -0.2) is 0 Å². The molecule has 9 rings (SSSR count). The normalized spacial score (nSPS) is 18.9. The zero-order chi connectivity index (χ0) is 51.9. The van der Waals surface area contributed by atoms with Gasteiger partial charge in [0.1, 0.15) is 28.6 Å². The van der Waals surface area contributed by atoms with E-state index in [4.69, 9.17) is 51.7 Å². The molecular formula is C51H61Cl2N3O14S2. The van der Waals surface area contributed by atoms with E-state index < -0.39 is 59.9 Å². The van der Waals surface area contributed by atoms with Crippen LogP contribution in [0.15, 0.2) is 36.4 Å². The molecule has 21 heteroatoms. The van der Waals surface area contributed by atoms with Crippen LogP contribution in [0.4, 0.5) is 11.4 Å². The average Bonchev–Trinajstić information content (AvgIpc) is 3.53. The first kappa shape index (κ1) is 52.6. The minimum atomic E-state index is -4.57. The largest absolute Gasteiger partial charge is 0.460 e. The van der Waals surface area contributed by atoms with Gasteiger partial charge in [-0.2, -0.15) is 21.9 Å². The summed E-state index contributed by atoms with van der Waals surface area (Å²) in [6.07, 6.45) is 6.20. The standard InChI is InChI=1S/C51H61Cl2N3O14S2/c1-48(2,3)70-40(57)14-17-65-18-19-66-20-21-67-22-23-68-56-47(58)41-38(52)12-13-39(53)42(41)51(56)36-24-34-30(28-71(59,60)61)26-49(4,5)54-15-8-10-32(43(34)54)45(36)69-46-33-11-9-16-55-44(33)35(25-37(46)51)31(27-50(55,6)7)29-72(62,63)64/h12-13,24-27H,8-11,14-23,28-29H2,1-7H3,(H,59,60,61)(H,62,63,64). The molecule has 6 aliphatic rings. The Bertz CT molecular complexity index is 2900. The Kier molecular flexibility index (Phi) is 14.0. The van der Waals surface area contributed by atoms with Gasteiger partial charge in [0.05, 0.1) is 85.7 Å². The number of hydroxylamine groups is 2. The van der Waals surface area contributed by atoms with E-state index in [1.165, 1.54) is 11.1 Å². The van der Waals surface area contributed by atoms with Crippen molar-refractivity contribution in [3.8, 4) is 11.5 Å². The smallest absolute Gasteiger partial charge is 0.308 e. The fraction of sp³-hybridized carbons (Fsp3) is 0.529. The van der Waals surface area contributed by atoms with Crippen LogP contribution in [0.1, 0.15) is 117 Å². The number of ether oxygens (including phenoxy) is 5. The summed E-state index contributed by atoms with van der Waals surface area (Å²) in [4.78, 5) is 38.5. The lowest BCUT2D eigenvalue weighted by molar-refractivity contribution is -0.171. The maximum atomic E-state index is 15.4. The molecule has 0 bridgehead atoms. The molecule has 0 fully saturated rings. The maximum Gasteiger partial charge on any atom is 0.308 e. The molecule has 0 saturated heterocycles. The fourth-order valence-corrected chi connectivity index (χ4v) is 13.2. The van der Waals surface area contributed by atoms with Gasteiger partial charge in [0.25, 0.3) is 26.1 Å². The molecule has 2 N–H and O–H groups in total. The fourth-order valence-electron chi connectivity index (χ4n) is 11.4. The zero-order valence-electron chi connectivity index (χ0n) is 41.5. The van der Waals surface area contributed by atoms with Gasteiger partial charge in [-0.3, -0.25) is 23.5 Å². The molecule has 0 aliphatic carbocycles. The molecule has 72 heavy (non-hydrogen) atoms. The van der Waals surface area contributed by atoms with Crippen molar-refractivity contribution in [2.75, 3.05) is 80.6 Å². The van der Waals surface area contributed by atoms with Crippen molar-refractivity contribution in [2.45, 2.75) is 103 Å². The van der Waals surface area contributed by atoms with Crippen LogP contribution < -0.4 is 14.5 Å². The number of rotatable bonds is 17. The third kappa shape index (κ3) is 9.67. The van der Waals surface area contributed by atoms with E-state index in [0.717, 1.165) is 22.5 Å². The monoisotopic (exact) mass is 1070 g/mol. The molecule has 0 aromatic heterocycles. The second-order valence-electron chi connectivity index (χ2n) is 21.1. The van der Waals surface area contributed by atoms with Crippen molar-refractivity contribution in [2.24, 2.45) is 0 Å². The molecule has 1 amide bonds. The van der Waals surface area contributed by atoms with Gasteiger partial charge in [0.15, 0.2) is 5.54 Å². The van der Waals surface area contributed by atoms with Gasteiger partial charge in [-0.05, 0) is 110 Å². The second kappa shape index (κ2) is 19.1. The van der Waals surface area contributed by atoms with Crippen molar-refractivity contribution in [3.05, 3.63) is 91.0 Å². The Hall–Kier alpha value is -4.28. The van der Waals surface area contributed by atoms with Crippen LogP contribution in [0.5, 0.6) is 11.5 Å². The molecule has 0 radical (unpaired) electrons. The number of hydrogen-bond donors (Lipinski definition) is 2. The average molecular weight is 1080 g/mol. The maximum absolute atomic E-state index is 15.4. The quantitative estimate of drug-likeness (QED) is 0.0742. The number of nitrogens with zero attached hydrogens (tertiary/aromatic N) is 3. The van der Waals surface area contributed by atoms with E-state index in [9.17, 15) is 30.7 Å². The summed E-state index contributed by atoms with van der Waals surface area (Å²) >= 11 is 14.4. The van der Waals surface area contributed by atoms with E-state index in [-0.39, 0.29) is 79.8 Å². The molecule has 390 valence electrons. The highest BCUT2D eigenvalue weighted by molar-refractivity contribution is 7.86. The first-order valence-corrected chi connectivity index (χ1v) is 28.1. The minimum Gasteiger partial charge on any atom is -0.460 e. The number of amides is 1. The summed E-state index contributed by atoms with van der Waals surface area (Å²) in [5.74, 6) is -1.55. The Balaban J connectivity index is 1.15. The summed E-state index contributed by atoms with van der Waals surface area (Å²) in [7, 11) is -9.14. The van der Waals surface area contributed by atoms with Crippen LogP contribution >= 0.6 is 23.2 Å². The van der Waals surface area contributed by atoms with Crippen molar-refractivity contribution in [1.29, 1.82) is 0 Å². The SMILES string of the molecule is CC(C)(C)OC(=O)CCOCCOCCOCCON1C(=O)c2c(Cl)ccc(Cl)c2C12c1cc3c4c(c1Oc1c2cc2c5c1CCCN5C(C)(C)C=C2CS(=O)(=O)O)CCCN4C(C)(C)C=C3CS(=O)(=O)O. The first-order valence-electron chi connectivity index (χ1n) is 24.1. The number of carbonyl (C=O) groups is 2.